The largest absolute Gasteiger partial charge is 0.378 e. The van der Waals surface area contributed by atoms with E-state index in [9.17, 15) is 0 Å². The summed E-state index contributed by atoms with van der Waals surface area (Å²) in [6.07, 6.45) is 2.51. The quantitative estimate of drug-likeness (QED) is 0.913. The molecule has 0 saturated carbocycles. The highest BCUT2D eigenvalue weighted by molar-refractivity contribution is 5.75. The van der Waals surface area contributed by atoms with Crippen molar-refractivity contribution in [3.63, 3.8) is 0 Å². The van der Waals surface area contributed by atoms with Gasteiger partial charge in [0.05, 0.1) is 24.6 Å². The van der Waals surface area contributed by atoms with Crippen LogP contribution in [0.5, 0.6) is 0 Å². The highest BCUT2D eigenvalue weighted by Gasteiger charge is 2.28. The summed E-state index contributed by atoms with van der Waals surface area (Å²) >= 11 is 0. The summed E-state index contributed by atoms with van der Waals surface area (Å²) in [7, 11) is 0. The fourth-order valence-electron chi connectivity index (χ4n) is 4.16. The number of nitrogens with zero attached hydrogens (tertiary/aromatic N) is 3. The molecule has 0 unspecified atom stereocenters. The van der Waals surface area contributed by atoms with Crippen molar-refractivity contribution in [1.29, 1.82) is 0 Å². The van der Waals surface area contributed by atoms with Crippen molar-refractivity contribution in [3.05, 3.63) is 36.4 Å². The smallest absolute Gasteiger partial charge is 0.150 e. The van der Waals surface area contributed by atoms with E-state index < -0.39 is 0 Å². The number of hydrogen-bond donors (Lipinski definition) is 1. The average Bonchev–Trinajstić information content (AvgIpc) is 2.69. The van der Waals surface area contributed by atoms with Gasteiger partial charge in [-0.2, -0.15) is 0 Å². The number of morpholine rings is 1. The minimum atomic E-state index is 0.545. The third kappa shape index (κ3) is 2.82. The summed E-state index contributed by atoms with van der Waals surface area (Å²) < 4.78 is 5.47. The van der Waals surface area contributed by atoms with E-state index in [-0.39, 0.29) is 0 Å². The molecule has 130 valence electrons. The predicted octanol–water partition coefficient (Wildman–Crippen LogP) is 2.98. The van der Waals surface area contributed by atoms with Gasteiger partial charge >= 0.3 is 0 Å². The van der Waals surface area contributed by atoms with E-state index in [4.69, 9.17) is 9.72 Å². The van der Waals surface area contributed by atoms with Gasteiger partial charge in [-0.05, 0) is 37.1 Å². The van der Waals surface area contributed by atoms with E-state index in [0.717, 1.165) is 50.9 Å². The van der Waals surface area contributed by atoms with Crippen molar-refractivity contribution in [2.24, 2.45) is 0 Å². The molecule has 1 aromatic carbocycles. The lowest BCUT2D eigenvalue weighted by molar-refractivity contribution is 0.122. The van der Waals surface area contributed by atoms with Crippen LogP contribution in [0.1, 0.15) is 12.8 Å². The molecule has 3 aliphatic heterocycles. The number of fused-ring (bicyclic) bond motifs is 4. The van der Waals surface area contributed by atoms with Gasteiger partial charge in [-0.1, -0.05) is 12.1 Å². The molecule has 2 aromatic rings. The number of hydrogen-bond acceptors (Lipinski definition) is 5. The van der Waals surface area contributed by atoms with E-state index in [1.54, 1.807) is 0 Å². The Balaban J connectivity index is 1.46. The first-order valence-corrected chi connectivity index (χ1v) is 9.32. The van der Waals surface area contributed by atoms with Gasteiger partial charge in [0.25, 0.3) is 0 Å². The van der Waals surface area contributed by atoms with Crippen molar-refractivity contribution < 1.29 is 4.74 Å². The first-order chi connectivity index (χ1) is 12.4. The van der Waals surface area contributed by atoms with Gasteiger partial charge in [0.1, 0.15) is 0 Å². The first kappa shape index (κ1) is 15.0. The third-order valence-electron chi connectivity index (χ3n) is 5.50. The number of aromatic nitrogens is 1. The van der Waals surface area contributed by atoms with Crippen LogP contribution in [0.2, 0.25) is 0 Å². The fourth-order valence-corrected chi connectivity index (χ4v) is 4.16. The van der Waals surface area contributed by atoms with Crippen molar-refractivity contribution >= 4 is 17.2 Å². The van der Waals surface area contributed by atoms with Gasteiger partial charge in [0, 0.05) is 43.5 Å². The molecule has 1 N–H and O–H groups in total. The lowest BCUT2D eigenvalue weighted by Gasteiger charge is -2.40. The molecule has 2 fully saturated rings. The Morgan fingerprint density at radius 1 is 1.04 bits per heavy atom. The summed E-state index contributed by atoms with van der Waals surface area (Å²) in [4.78, 5) is 9.82. The van der Waals surface area contributed by atoms with Crippen molar-refractivity contribution in [2.45, 2.75) is 18.9 Å². The Labute approximate surface area is 148 Å². The van der Waals surface area contributed by atoms with Gasteiger partial charge in [-0.15, -0.1) is 0 Å². The zero-order chi connectivity index (χ0) is 16.6. The maximum atomic E-state index is 5.47. The monoisotopic (exact) mass is 336 g/mol. The van der Waals surface area contributed by atoms with E-state index in [0.29, 0.717) is 6.04 Å². The van der Waals surface area contributed by atoms with Gasteiger partial charge in [-0.3, -0.25) is 0 Å². The van der Waals surface area contributed by atoms with Crippen LogP contribution in [0, 0.1) is 0 Å². The van der Waals surface area contributed by atoms with E-state index >= 15 is 0 Å². The van der Waals surface area contributed by atoms with Crippen LogP contribution in [0.25, 0.3) is 11.3 Å². The van der Waals surface area contributed by atoms with E-state index in [1.165, 1.54) is 29.8 Å². The van der Waals surface area contributed by atoms with Gasteiger partial charge < -0.3 is 19.9 Å². The minimum absolute atomic E-state index is 0.545. The molecular formula is C20H24N4O. The summed E-state index contributed by atoms with van der Waals surface area (Å²) in [5.74, 6) is 1.05. The maximum Gasteiger partial charge on any atom is 0.150 e. The molecule has 5 nitrogen and oxygen atoms in total. The van der Waals surface area contributed by atoms with Gasteiger partial charge in [-0.25, -0.2) is 4.98 Å². The maximum absolute atomic E-state index is 5.47. The Kier molecular flexibility index (Phi) is 3.74. The highest BCUT2D eigenvalue weighted by Crippen LogP contribution is 2.35. The lowest BCUT2D eigenvalue weighted by atomic mass is 10.0. The molecule has 5 rings (SSSR count). The molecule has 1 atom stereocenters. The summed E-state index contributed by atoms with van der Waals surface area (Å²) in [5, 5.41) is 3.64. The number of nitrogens with one attached hydrogen (secondary N) is 1. The zero-order valence-electron chi connectivity index (χ0n) is 14.4. The van der Waals surface area contributed by atoms with E-state index in [2.05, 4.69) is 51.5 Å². The second-order valence-corrected chi connectivity index (χ2v) is 7.14. The van der Waals surface area contributed by atoms with Crippen LogP contribution in [-0.2, 0) is 4.74 Å². The fraction of sp³-hybridized carbons (Fsp3) is 0.450. The number of benzene rings is 1. The molecule has 1 aromatic heterocycles. The van der Waals surface area contributed by atoms with Crippen LogP contribution in [0.4, 0.5) is 17.2 Å². The summed E-state index contributed by atoms with van der Waals surface area (Å²) in [6.45, 7) is 5.79. The van der Waals surface area contributed by atoms with Crippen LogP contribution in [0.3, 0.4) is 0 Å². The topological polar surface area (TPSA) is 40.6 Å². The standard InChI is InChI=1S/C20H24N4O/c1-3-15(13-17(5-1)23-9-11-25-12-10-23)18-6-7-19-20(22-18)21-16-4-2-8-24(19)14-16/h1,3,5-7,13,16H,2,4,8-12,14H2,(H,21,22)/t16-/m0/s1. The average molecular weight is 336 g/mol. The summed E-state index contributed by atoms with van der Waals surface area (Å²) in [5.41, 5.74) is 4.74. The lowest BCUT2D eigenvalue weighted by Crippen LogP contribution is -2.46. The summed E-state index contributed by atoms with van der Waals surface area (Å²) in [6, 6.07) is 13.7. The Morgan fingerprint density at radius 3 is 2.88 bits per heavy atom. The zero-order valence-corrected chi connectivity index (χ0v) is 14.4. The predicted molar refractivity (Wildman–Crippen MR) is 102 cm³/mol. The second-order valence-electron chi connectivity index (χ2n) is 7.14. The van der Waals surface area contributed by atoms with Gasteiger partial charge in [0.2, 0.25) is 0 Å². The first-order valence-electron chi connectivity index (χ1n) is 9.32. The Bertz CT molecular complexity index is 772. The second kappa shape index (κ2) is 6.23. The molecule has 2 saturated heterocycles. The van der Waals surface area contributed by atoms with Crippen LogP contribution >= 0.6 is 0 Å². The van der Waals surface area contributed by atoms with Crippen molar-refractivity contribution in [2.75, 3.05) is 54.5 Å². The molecule has 25 heavy (non-hydrogen) atoms. The van der Waals surface area contributed by atoms with Crippen molar-refractivity contribution in [1.82, 2.24) is 4.98 Å². The normalized spacial score (nSPS) is 22.3. The number of anilines is 3. The Hall–Kier alpha value is -2.27. The molecule has 0 radical (unpaired) electrons. The van der Waals surface area contributed by atoms with Crippen LogP contribution in [0.15, 0.2) is 36.4 Å². The third-order valence-corrected chi connectivity index (χ3v) is 5.50. The molecule has 2 bridgehead atoms. The molecule has 0 amide bonds. The number of ether oxygens (including phenoxy) is 1. The SMILES string of the molecule is c1cc(-c2ccc3c(n2)N[C@H]2CCCN3C2)cc(N2CCOCC2)c1. The van der Waals surface area contributed by atoms with Crippen molar-refractivity contribution in [3.8, 4) is 11.3 Å². The minimum Gasteiger partial charge on any atom is -0.378 e. The molecule has 5 heteroatoms. The Morgan fingerprint density at radius 2 is 1.96 bits per heavy atom. The van der Waals surface area contributed by atoms with Gasteiger partial charge in [0.15, 0.2) is 5.82 Å². The molecule has 3 aliphatic rings. The van der Waals surface area contributed by atoms with E-state index in [1.807, 2.05) is 0 Å². The van der Waals surface area contributed by atoms with Crippen LogP contribution in [-0.4, -0.2) is 50.4 Å². The molecular weight excluding hydrogens is 312 g/mol. The number of piperidine rings is 1. The number of rotatable bonds is 2. The molecule has 4 heterocycles. The van der Waals surface area contributed by atoms with Crippen LogP contribution < -0.4 is 15.1 Å². The number of pyridine rings is 1. The molecule has 0 aliphatic carbocycles. The molecule has 0 spiro atoms. The highest BCUT2D eigenvalue weighted by atomic mass is 16.5.